The van der Waals surface area contributed by atoms with E-state index in [2.05, 4.69) is 20.9 Å². The highest BCUT2D eigenvalue weighted by Gasteiger charge is 2.07. The Balaban J connectivity index is 2.45. The maximum Gasteiger partial charge on any atom is 0.150 e. The van der Waals surface area contributed by atoms with Gasteiger partial charge in [-0.25, -0.2) is 9.38 Å². The van der Waals surface area contributed by atoms with Crippen LogP contribution in [0.4, 0.5) is 15.8 Å². The van der Waals surface area contributed by atoms with Crippen LogP contribution >= 0.6 is 15.9 Å². The third kappa shape index (κ3) is 3.18. The molecule has 0 aliphatic rings. The summed E-state index contributed by atoms with van der Waals surface area (Å²) < 4.78 is 13.6. The van der Waals surface area contributed by atoms with Gasteiger partial charge in [0.15, 0.2) is 0 Å². The molecule has 0 aliphatic carbocycles. The molecule has 2 N–H and O–H groups in total. The lowest BCUT2D eigenvalue weighted by Crippen LogP contribution is -2.02. The van der Waals surface area contributed by atoms with Crippen molar-refractivity contribution in [1.82, 2.24) is 0 Å². The van der Waals surface area contributed by atoms with E-state index in [1.54, 1.807) is 18.2 Å². The Morgan fingerprint density at radius 3 is 2.47 bits per heavy atom. The van der Waals surface area contributed by atoms with Crippen molar-refractivity contribution in [2.45, 2.75) is 0 Å². The molecule has 0 spiro atoms. The van der Waals surface area contributed by atoms with Crippen molar-refractivity contribution in [3.63, 3.8) is 0 Å². The van der Waals surface area contributed by atoms with E-state index in [1.165, 1.54) is 24.3 Å². The number of nitrogens with two attached hydrogens (primary N) is 1. The summed E-state index contributed by atoms with van der Waals surface area (Å²) in [7, 11) is 0. The molecule has 0 saturated heterocycles. The molecule has 0 unspecified atom stereocenters. The molecule has 2 rings (SSSR count). The minimum atomic E-state index is -0.347. The third-order valence-electron chi connectivity index (χ3n) is 2.44. The Labute approximate surface area is 118 Å². The van der Waals surface area contributed by atoms with Crippen molar-refractivity contribution in [3.8, 4) is 6.07 Å². The minimum absolute atomic E-state index is 0.191. The van der Waals surface area contributed by atoms with Crippen LogP contribution in [-0.2, 0) is 0 Å². The number of nitriles is 1. The molecule has 0 radical (unpaired) electrons. The molecule has 5 heteroatoms. The number of nitrogen functional groups attached to an aromatic ring is 1. The Kier molecular flexibility index (Phi) is 3.93. The summed E-state index contributed by atoms with van der Waals surface area (Å²) in [4.78, 5) is 4.17. The molecule has 0 bridgehead atoms. The van der Waals surface area contributed by atoms with Crippen LogP contribution in [0.5, 0.6) is 0 Å². The molecule has 0 saturated carbocycles. The molecule has 2 aromatic rings. The second-order valence-corrected chi connectivity index (χ2v) is 4.70. The van der Waals surface area contributed by atoms with E-state index < -0.39 is 0 Å². The number of anilines is 1. The Morgan fingerprint density at radius 2 is 1.89 bits per heavy atom. The third-order valence-corrected chi connectivity index (χ3v) is 2.94. The van der Waals surface area contributed by atoms with E-state index in [1.807, 2.05) is 6.07 Å². The molecule has 3 nitrogen and oxygen atoms in total. The van der Waals surface area contributed by atoms with Crippen LogP contribution in [0.1, 0.15) is 5.56 Å². The fraction of sp³-hybridized carbons (Fsp3) is 0. The lowest BCUT2D eigenvalue weighted by Gasteiger charge is -2.04. The lowest BCUT2D eigenvalue weighted by molar-refractivity contribution is 0.628. The minimum Gasteiger partial charge on any atom is -0.398 e. The van der Waals surface area contributed by atoms with E-state index in [0.717, 1.165) is 4.47 Å². The van der Waals surface area contributed by atoms with E-state index in [4.69, 9.17) is 11.0 Å². The Morgan fingerprint density at radius 1 is 1.21 bits per heavy atom. The smallest absolute Gasteiger partial charge is 0.150 e. The fourth-order valence-electron chi connectivity index (χ4n) is 1.54. The molecule has 0 amide bonds. The van der Waals surface area contributed by atoms with Gasteiger partial charge in [-0.1, -0.05) is 15.9 Å². The highest BCUT2D eigenvalue weighted by Crippen LogP contribution is 2.21. The van der Waals surface area contributed by atoms with Crippen LogP contribution in [0.2, 0.25) is 0 Å². The maximum absolute atomic E-state index is 12.8. The predicted octanol–water partition coefficient (Wildman–Crippen LogP) is 3.81. The number of benzene rings is 2. The van der Waals surface area contributed by atoms with Crippen LogP contribution < -0.4 is 5.73 Å². The van der Waals surface area contributed by atoms with Gasteiger partial charge in [-0.05, 0) is 42.5 Å². The average molecular weight is 318 g/mol. The van der Waals surface area contributed by atoms with Gasteiger partial charge in [0.25, 0.3) is 0 Å². The molecule has 0 aromatic heterocycles. The van der Waals surface area contributed by atoms with Crippen molar-refractivity contribution >= 4 is 33.0 Å². The Hall–Kier alpha value is -2.19. The zero-order chi connectivity index (χ0) is 13.8. The lowest BCUT2D eigenvalue weighted by atomic mass is 10.1. The van der Waals surface area contributed by atoms with Crippen molar-refractivity contribution in [2.75, 3.05) is 5.73 Å². The number of nitrogens with zero attached hydrogens (tertiary/aromatic N) is 2. The first-order chi connectivity index (χ1) is 9.10. The van der Waals surface area contributed by atoms with Gasteiger partial charge in [-0.3, -0.25) is 0 Å². The van der Waals surface area contributed by atoms with Gasteiger partial charge in [0, 0.05) is 15.7 Å². The van der Waals surface area contributed by atoms with Crippen LogP contribution in [0.3, 0.4) is 0 Å². The van der Waals surface area contributed by atoms with E-state index >= 15 is 0 Å². The van der Waals surface area contributed by atoms with E-state index in [9.17, 15) is 4.39 Å². The second-order valence-electron chi connectivity index (χ2n) is 3.78. The molecule has 0 aliphatic heterocycles. The van der Waals surface area contributed by atoms with Crippen molar-refractivity contribution in [1.29, 1.82) is 5.26 Å². The van der Waals surface area contributed by atoms with Gasteiger partial charge >= 0.3 is 0 Å². The fourth-order valence-corrected chi connectivity index (χ4v) is 1.92. The Bertz CT molecular complexity index is 672. The first-order valence-electron chi connectivity index (χ1n) is 5.40. The van der Waals surface area contributed by atoms with Crippen molar-refractivity contribution in [3.05, 3.63) is 58.3 Å². The van der Waals surface area contributed by atoms with Gasteiger partial charge in [-0.2, -0.15) is 5.26 Å². The molecule has 19 heavy (non-hydrogen) atoms. The van der Waals surface area contributed by atoms with Crippen LogP contribution in [0.25, 0.3) is 0 Å². The van der Waals surface area contributed by atoms with Crippen LogP contribution in [0.15, 0.2) is 51.9 Å². The zero-order valence-electron chi connectivity index (χ0n) is 9.77. The van der Waals surface area contributed by atoms with Gasteiger partial charge < -0.3 is 5.73 Å². The van der Waals surface area contributed by atoms with Crippen LogP contribution in [-0.4, -0.2) is 5.71 Å². The molecule has 0 heterocycles. The first kappa shape index (κ1) is 13.2. The van der Waals surface area contributed by atoms with Crippen molar-refractivity contribution in [2.24, 2.45) is 4.99 Å². The summed E-state index contributed by atoms with van der Waals surface area (Å²) >= 11 is 3.30. The molecular weight excluding hydrogens is 309 g/mol. The highest BCUT2D eigenvalue weighted by molar-refractivity contribution is 9.10. The first-order valence-corrected chi connectivity index (χ1v) is 6.19. The second kappa shape index (κ2) is 5.63. The summed E-state index contributed by atoms with van der Waals surface area (Å²) in [6, 6.07) is 12.8. The largest absolute Gasteiger partial charge is 0.398 e. The van der Waals surface area contributed by atoms with Crippen LogP contribution in [0, 0.1) is 17.1 Å². The molecule has 2 aromatic carbocycles. The highest BCUT2D eigenvalue weighted by atomic mass is 79.9. The summed E-state index contributed by atoms with van der Waals surface area (Å²) in [6.07, 6.45) is 0. The normalized spacial score (nSPS) is 11.1. The summed E-state index contributed by atoms with van der Waals surface area (Å²) in [5.41, 5.74) is 7.55. The summed E-state index contributed by atoms with van der Waals surface area (Å²) in [5, 5.41) is 9.17. The van der Waals surface area contributed by atoms with Gasteiger partial charge in [0.05, 0.1) is 5.69 Å². The topological polar surface area (TPSA) is 62.2 Å². The standard InChI is InChI=1S/C14H9BrFN3/c15-9-1-6-12(13(18)7-9)14(8-17)19-11-4-2-10(16)3-5-11/h1-7H,18H2. The number of hydrogen-bond donors (Lipinski definition) is 1. The molecule has 94 valence electrons. The number of hydrogen-bond acceptors (Lipinski definition) is 3. The SMILES string of the molecule is N#CC(=Nc1ccc(F)cc1)c1ccc(Br)cc1N. The zero-order valence-corrected chi connectivity index (χ0v) is 11.4. The summed E-state index contributed by atoms with van der Waals surface area (Å²) in [6.45, 7) is 0. The molecule has 0 fully saturated rings. The van der Waals surface area contributed by atoms with E-state index in [0.29, 0.717) is 16.9 Å². The van der Waals surface area contributed by atoms with Gasteiger partial charge in [0.2, 0.25) is 0 Å². The van der Waals surface area contributed by atoms with Gasteiger partial charge in [0.1, 0.15) is 17.6 Å². The molecular formula is C14H9BrFN3. The van der Waals surface area contributed by atoms with Crippen molar-refractivity contribution < 1.29 is 4.39 Å². The van der Waals surface area contributed by atoms with Gasteiger partial charge in [-0.15, -0.1) is 0 Å². The number of aliphatic imine (C=N–C) groups is 1. The predicted molar refractivity (Wildman–Crippen MR) is 76.8 cm³/mol. The molecule has 0 atom stereocenters. The monoisotopic (exact) mass is 317 g/mol. The summed E-state index contributed by atoms with van der Waals surface area (Å²) in [5.74, 6) is -0.347. The number of halogens is 2. The number of rotatable bonds is 2. The van der Waals surface area contributed by atoms with E-state index in [-0.39, 0.29) is 11.5 Å². The average Bonchev–Trinajstić information content (AvgIpc) is 2.39. The maximum atomic E-state index is 12.8. The quantitative estimate of drug-likeness (QED) is 0.676.